The highest BCUT2D eigenvalue weighted by atomic mass is 16.5. The van der Waals surface area contributed by atoms with Gasteiger partial charge in [-0.2, -0.15) is 0 Å². The molecule has 0 unspecified atom stereocenters. The van der Waals surface area contributed by atoms with Crippen LogP contribution in [0, 0.1) is 0 Å². The van der Waals surface area contributed by atoms with Crippen molar-refractivity contribution in [2.24, 2.45) is 0 Å². The van der Waals surface area contributed by atoms with Crippen molar-refractivity contribution < 1.29 is 9.47 Å². The van der Waals surface area contributed by atoms with Crippen LogP contribution in [0.2, 0.25) is 0 Å². The van der Waals surface area contributed by atoms with Gasteiger partial charge < -0.3 is 20.9 Å². The third-order valence-electron chi connectivity index (χ3n) is 1.87. The van der Waals surface area contributed by atoms with Gasteiger partial charge in [-0.15, -0.1) is 0 Å². The van der Waals surface area contributed by atoms with E-state index < -0.39 is 0 Å². The van der Waals surface area contributed by atoms with Crippen LogP contribution in [0.25, 0.3) is 0 Å². The van der Waals surface area contributed by atoms with Gasteiger partial charge in [0.2, 0.25) is 0 Å². The summed E-state index contributed by atoms with van der Waals surface area (Å²) in [7, 11) is 0. The predicted octanol–water partition coefficient (Wildman–Crippen LogP) is 2.43. The molecule has 4 heteroatoms. The molecule has 0 aliphatic heterocycles. The molecular formula is C12H20N2O2. The van der Waals surface area contributed by atoms with Gasteiger partial charge in [0.1, 0.15) is 11.5 Å². The number of rotatable bonds is 4. The molecule has 0 heterocycles. The first kappa shape index (κ1) is 12.5. The lowest BCUT2D eigenvalue weighted by atomic mass is 10.2. The lowest BCUT2D eigenvalue weighted by Crippen LogP contribution is -2.10. The number of nitrogens with two attached hydrogens (primary N) is 2. The molecule has 1 rings (SSSR count). The van der Waals surface area contributed by atoms with Gasteiger partial charge in [0, 0.05) is 12.1 Å². The van der Waals surface area contributed by atoms with E-state index in [1.54, 1.807) is 12.1 Å². The molecular weight excluding hydrogens is 204 g/mol. The third-order valence-corrected chi connectivity index (χ3v) is 1.87. The smallest absolute Gasteiger partial charge is 0.144 e. The fourth-order valence-electron chi connectivity index (χ4n) is 1.30. The van der Waals surface area contributed by atoms with Crippen molar-refractivity contribution in [3.05, 3.63) is 12.1 Å². The molecule has 0 saturated heterocycles. The molecule has 0 aromatic heterocycles. The molecule has 0 amide bonds. The van der Waals surface area contributed by atoms with E-state index in [0.29, 0.717) is 22.9 Å². The summed E-state index contributed by atoms with van der Waals surface area (Å²) in [5.41, 5.74) is 12.8. The van der Waals surface area contributed by atoms with Crippen LogP contribution in [0.1, 0.15) is 27.7 Å². The summed E-state index contributed by atoms with van der Waals surface area (Å²) in [5.74, 6) is 1.20. The minimum Gasteiger partial charge on any atom is -0.489 e. The molecule has 1 aromatic carbocycles. The Hall–Kier alpha value is -1.58. The van der Waals surface area contributed by atoms with Crippen LogP contribution in [0.5, 0.6) is 11.5 Å². The molecule has 0 aliphatic carbocycles. The molecule has 0 atom stereocenters. The summed E-state index contributed by atoms with van der Waals surface area (Å²) in [6, 6.07) is 3.40. The molecule has 4 nitrogen and oxygen atoms in total. The lowest BCUT2D eigenvalue weighted by Gasteiger charge is -2.16. The van der Waals surface area contributed by atoms with Gasteiger partial charge in [0.15, 0.2) is 0 Å². The van der Waals surface area contributed by atoms with E-state index in [1.807, 2.05) is 27.7 Å². The Morgan fingerprint density at radius 1 is 0.812 bits per heavy atom. The van der Waals surface area contributed by atoms with Gasteiger partial charge in [-0.25, -0.2) is 0 Å². The minimum atomic E-state index is 0.0681. The number of benzene rings is 1. The Morgan fingerprint density at radius 3 is 1.38 bits per heavy atom. The van der Waals surface area contributed by atoms with Gasteiger partial charge >= 0.3 is 0 Å². The molecule has 90 valence electrons. The minimum absolute atomic E-state index is 0.0681. The van der Waals surface area contributed by atoms with Crippen LogP contribution in [0.4, 0.5) is 11.4 Å². The summed E-state index contributed by atoms with van der Waals surface area (Å²) < 4.78 is 11.1. The molecule has 16 heavy (non-hydrogen) atoms. The van der Waals surface area contributed by atoms with Crippen LogP contribution in [-0.4, -0.2) is 12.2 Å². The maximum atomic E-state index is 5.85. The Kier molecular flexibility index (Phi) is 3.88. The summed E-state index contributed by atoms with van der Waals surface area (Å²) in [4.78, 5) is 0. The van der Waals surface area contributed by atoms with Gasteiger partial charge in [-0.1, -0.05) is 0 Å². The van der Waals surface area contributed by atoms with Crippen molar-refractivity contribution in [3.8, 4) is 11.5 Å². The molecule has 1 aromatic rings. The van der Waals surface area contributed by atoms with E-state index >= 15 is 0 Å². The monoisotopic (exact) mass is 224 g/mol. The SMILES string of the molecule is CC(C)Oc1cc(N)c(OC(C)C)cc1N. The molecule has 0 saturated carbocycles. The summed E-state index contributed by atoms with van der Waals surface area (Å²) >= 11 is 0. The van der Waals surface area contributed by atoms with Crippen molar-refractivity contribution >= 4 is 11.4 Å². The predicted molar refractivity (Wildman–Crippen MR) is 66.8 cm³/mol. The van der Waals surface area contributed by atoms with Crippen LogP contribution < -0.4 is 20.9 Å². The Morgan fingerprint density at radius 2 is 1.12 bits per heavy atom. The first-order valence-corrected chi connectivity index (χ1v) is 5.42. The molecule has 4 N–H and O–H groups in total. The normalized spacial score (nSPS) is 10.9. The second kappa shape index (κ2) is 4.96. The van der Waals surface area contributed by atoms with E-state index in [4.69, 9.17) is 20.9 Å². The largest absolute Gasteiger partial charge is 0.489 e. The van der Waals surface area contributed by atoms with Crippen LogP contribution in [0.15, 0.2) is 12.1 Å². The van der Waals surface area contributed by atoms with E-state index in [1.165, 1.54) is 0 Å². The van der Waals surface area contributed by atoms with Crippen molar-refractivity contribution in [3.63, 3.8) is 0 Å². The standard InChI is InChI=1S/C12H20N2O2/c1-7(2)15-11-5-10(14)12(6-9(11)13)16-8(3)4/h5-8H,13-14H2,1-4H3. The molecule has 0 aliphatic rings. The zero-order chi connectivity index (χ0) is 12.3. The highest BCUT2D eigenvalue weighted by Gasteiger charge is 2.10. The van der Waals surface area contributed by atoms with Gasteiger partial charge in [0.25, 0.3) is 0 Å². The van der Waals surface area contributed by atoms with Crippen molar-refractivity contribution in [1.82, 2.24) is 0 Å². The third kappa shape index (κ3) is 3.22. The first-order valence-electron chi connectivity index (χ1n) is 5.42. The Labute approximate surface area is 96.5 Å². The molecule has 0 bridgehead atoms. The Bertz CT molecular complexity index is 327. The second-order valence-electron chi connectivity index (χ2n) is 4.26. The summed E-state index contributed by atoms with van der Waals surface area (Å²) in [6.45, 7) is 7.75. The summed E-state index contributed by atoms with van der Waals surface area (Å²) in [5, 5.41) is 0. The van der Waals surface area contributed by atoms with Crippen LogP contribution in [0.3, 0.4) is 0 Å². The average Bonchev–Trinajstić information content (AvgIpc) is 2.11. The molecule has 0 spiro atoms. The van der Waals surface area contributed by atoms with E-state index in [9.17, 15) is 0 Å². The number of ether oxygens (including phenoxy) is 2. The van der Waals surface area contributed by atoms with E-state index in [-0.39, 0.29) is 12.2 Å². The number of nitrogen functional groups attached to an aromatic ring is 2. The average molecular weight is 224 g/mol. The highest BCUT2D eigenvalue weighted by molar-refractivity contribution is 5.67. The topological polar surface area (TPSA) is 70.5 Å². The van der Waals surface area contributed by atoms with Crippen molar-refractivity contribution in [2.45, 2.75) is 39.9 Å². The zero-order valence-electron chi connectivity index (χ0n) is 10.3. The molecule has 0 radical (unpaired) electrons. The fraction of sp³-hybridized carbons (Fsp3) is 0.500. The fourth-order valence-corrected chi connectivity index (χ4v) is 1.30. The number of anilines is 2. The first-order chi connectivity index (χ1) is 7.40. The lowest BCUT2D eigenvalue weighted by molar-refractivity contribution is 0.237. The maximum absolute atomic E-state index is 5.85. The van der Waals surface area contributed by atoms with Crippen molar-refractivity contribution in [1.29, 1.82) is 0 Å². The van der Waals surface area contributed by atoms with Gasteiger partial charge in [-0.3, -0.25) is 0 Å². The van der Waals surface area contributed by atoms with Gasteiger partial charge in [0.05, 0.1) is 23.6 Å². The Balaban J connectivity index is 2.97. The van der Waals surface area contributed by atoms with Crippen LogP contribution in [-0.2, 0) is 0 Å². The zero-order valence-corrected chi connectivity index (χ0v) is 10.3. The maximum Gasteiger partial charge on any atom is 0.144 e. The number of hydrogen-bond donors (Lipinski definition) is 2. The van der Waals surface area contributed by atoms with E-state index in [2.05, 4.69) is 0 Å². The number of hydrogen-bond acceptors (Lipinski definition) is 4. The highest BCUT2D eigenvalue weighted by Crippen LogP contribution is 2.33. The second-order valence-corrected chi connectivity index (χ2v) is 4.26. The van der Waals surface area contributed by atoms with E-state index in [0.717, 1.165) is 0 Å². The van der Waals surface area contributed by atoms with Crippen molar-refractivity contribution in [2.75, 3.05) is 11.5 Å². The summed E-state index contributed by atoms with van der Waals surface area (Å²) in [6.07, 6.45) is 0.136. The van der Waals surface area contributed by atoms with Gasteiger partial charge in [-0.05, 0) is 27.7 Å². The quantitative estimate of drug-likeness (QED) is 0.770. The molecule has 0 fully saturated rings. The van der Waals surface area contributed by atoms with Crippen LogP contribution >= 0.6 is 0 Å².